The van der Waals surface area contributed by atoms with E-state index in [1.165, 1.54) is 17.2 Å². The summed E-state index contributed by atoms with van der Waals surface area (Å²) in [5.74, 6) is 0. The molecule has 0 aliphatic heterocycles. The van der Waals surface area contributed by atoms with Crippen molar-refractivity contribution in [2.45, 2.75) is 18.9 Å². The van der Waals surface area contributed by atoms with Crippen molar-refractivity contribution in [3.05, 3.63) is 68.7 Å². The first-order chi connectivity index (χ1) is 9.63. The zero-order chi connectivity index (χ0) is 14.1. The zero-order valence-corrected chi connectivity index (χ0v) is 11.4. The molecule has 0 amide bonds. The second kappa shape index (κ2) is 5.13. The minimum absolute atomic E-state index is 0.101. The smallest absolute Gasteiger partial charge is 0.271 e. The molecule has 2 aromatic carbocycles. The highest BCUT2D eigenvalue weighted by molar-refractivity contribution is 6.30. The summed E-state index contributed by atoms with van der Waals surface area (Å²) in [6.07, 6.45) is 1.95. The van der Waals surface area contributed by atoms with Gasteiger partial charge in [0, 0.05) is 22.8 Å². The van der Waals surface area contributed by atoms with Crippen LogP contribution in [0.1, 0.15) is 23.6 Å². The van der Waals surface area contributed by atoms with Gasteiger partial charge in [0.15, 0.2) is 0 Å². The highest BCUT2D eigenvalue weighted by atomic mass is 35.5. The summed E-state index contributed by atoms with van der Waals surface area (Å²) < 4.78 is 0. The van der Waals surface area contributed by atoms with Crippen LogP contribution >= 0.6 is 11.6 Å². The lowest BCUT2D eigenvalue weighted by molar-refractivity contribution is -0.384. The normalized spacial score (nSPS) is 16.8. The van der Waals surface area contributed by atoms with Crippen LogP contribution in [0.15, 0.2) is 42.5 Å². The lowest BCUT2D eigenvalue weighted by atomic mass is 10.1. The summed E-state index contributed by atoms with van der Waals surface area (Å²) in [5.41, 5.74) is 3.35. The molecule has 0 aromatic heterocycles. The van der Waals surface area contributed by atoms with Crippen molar-refractivity contribution in [2.24, 2.45) is 0 Å². The van der Waals surface area contributed by atoms with Crippen molar-refractivity contribution in [1.29, 1.82) is 0 Å². The molecule has 0 heterocycles. The van der Waals surface area contributed by atoms with Crippen LogP contribution in [0.4, 0.5) is 11.4 Å². The van der Waals surface area contributed by atoms with Crippen LogP contribution in [0.25, 0.3) is 0 Å². The standard InChI is InChI=1S/C15H13ClN2O2/c16-11-5-6-14-10(8-11)4-7-15(14)17-12-2-1-3-13(9-12)18(19)20/h1-3,5-6,8-9,15,17H,4,7H2. The number of halogens is 1. The minimum atomic E-state index is -0.381. The lowest BCUT2D eigenvalue weighted by Gasteiger charge is -2.15. The van der Waals surface area contributed by atoms with Gasteiger partial charge in [-0.3, -0.25) is 10.1 Å². The molecular formula is C15H13ClN2O2. The minimum Gasteiger partial charge on any atom is -0.378 e. The van der Waals surface area contributed by atoms with Gasteiger partial charge in [0.05, 0.1) is 11.0 Å². The molecule has 0 fully saturated rings. The Morgan fingerprint density at radius 2 is 2.10 bits per heavy atom. The molecule has 1 unspecified atom stereocenters. The third-order valence-corrected chi connectivity index (χ3v) is 3.82. The van der Waals surface area contributed by atoms with Gasteiger partial charge in [0.2, 0.25) is 0 Å². The summed E-state index contributed by atoms with van der Waals surface area (Å²) in [5, 5.41) is 14.9. The summed E-state index contributed by atoms with van der Waals surface area (Å²) in [6, 6.07) is 12.7. The molecule has 1 aliphatic carbocycles. The Labute approximate surface area is 121 Å². The number of non-ortho nitro benzene ring substituents is 1. The van der Waals surface area contributed by atoms with E-state index in [1.807, 2.05) is 24.3 Å². The highest BCUT2D eigenvalue weighted by Gasteiger charge is 2.22. The summed E-state index contributed by atoms with van der Waals surface area (Å²) in [4.78, 5) is 10.4. The average Bonchev–Trinajstić information content (AvgIpc) is 2.81. The molecule has 3 rings (SSSR count). The van der Waals surface area contributed by atoms with Crippen molar-refractivity contribution in [2.75, 3.05) is 5.32 Å². The van der Waals surface area contributed by atoms with Crippen LogP contribution in [0.5, 0.6) is 0 Å². The van der Waals surface area contributed by atoms with Gasteiger partial charge >= 0.3 is 0 Å². The van der Waals surface area contributed by atoms with E-state index >= 15 is 0 Å². The molecule has 1 N–H and O–H groups in total. The molecule has 1 atom stereocenters. The molecule has 0 spiro atoms. The number of benzene rings is 2. The second-order valence-corrected chi connectivity index (χ2v) is 5.32. The molecule has 0 saturated heterocycles. The van der Waals surface area contributed by atoms with Crippen molar-refractivity contribution < 1.29 is 4.92 Å². The van der Waals surface area contributed by atoms with Crippen LogP contribution in [-0.4, -0.2) is 4.92 Å². The van der Waals surface area contributed by atoms with Gasteiger partial charge < -0.3 is 5.32 Å². The fraction of sp³-hybridized carbons (Fsp3) is 0.200. The Balaban J connectivity index is 1.84. The fourth-order valence-corrected chi connectivity index (χ4v) is 2.84. The van der Waals surface area contributed by atoms with Gasteiger partial charge in [-0.05, 0) is 42.2 Å². The first kappa shape index (κ1) is 12.9. The van der Waals surface area contributed by atoms with Crippen molar-refractivity contribution in [3.63, 3.8) is 0 Å². The Morgan fingerprint density at radius 1 is 1.25 bits per heavy atom. The third-order valence-electron chi connectivity index (χ3n) is 3.58. The maximum Gasteiger partial charge on any atom is 0.271 e. The monoisotopic (exact) mass is 288 g/mol. The summed E-state index contributed by atoms with van der Waals surface area (Å²) in [7, 11) is 0. The van der Waals surface area contributed by atoms with Crippen LogP contribution in [0.2, 0.25) is 5.02 Å². The van der Waals surface area contributed by atoms with Crippen molar-refractivity contribution in [1.82, 2.24) is 0 Å². The molecule has 0 saturated carbocycles. The highest BCUT2D eigenvalue weighted by Crippen LogP contribution is 2.35. The first-order valence-electron chi connectivity index (χ1n) is 6.43. The third kappa shape index (κ3) is 2.47. The molecule has 0 radical (unpaired) electrons. The van der Waals surface area contributed by atoms with E-state index in [4.69, 9.17) is 11.6 Å². The molecule has 5 heteroatoms. The second-order valence-electron chi connectivity index (χ2n) is 4.89. The van der Waals surface area contributed by atoms with Crippen molar-refractivity contribution in [3.8, 4) is 0 Å². The number of nitro groups is 1. The Kier molecular flexibility index (Phi) is 3.32. The van der Waals surface area contributed by atoms with E-state index in [-0.39, 0.29) is 16.7 Å². The predicted octanol–water partition coefficient (Wildman–Crippen LogP) is 4.35. The molecule has 1 aliphatic rings. The van der Waals surface area contributed by atoms with E-state index in [2.05, 4.69) is 5.32 Å². The Morgan fingerprint density at radius 3 is 2.90 bits per heavy atom. The number of fused-ring (bicyclic) bond motifs is 1. The van der Waals surface area contributed by atoms with E-state index in [0.717, 1.165) is 23.6 Å². The quantitative estimate of drug-likeness (QED) is 0.675. The number of nitrogens with one attached hydrogen (secondary N) is 1. The van der Waals surface area contributed by atoms with Gasteiger partial charge in [0.1, 0.15) is 0 Å². The summed E-state index contributed by atoms with van der Waals surface area (Å²) >= 11 is 5.99. The lowest BCUT2D eigenvalue weighted by Crippen LogP contribution is -2.07. The SMILES string of the molecule is O=[N+]([O-])c1cccc(NC2CCc3cc(Cl)ccc32)c1. The van der Waals surface area contributed by atoms with Gasteiger partial charge in [-0.1, -0.05) is 23.7 Å². The van der Waals surface area contributed by atoms with Crippen molar-refractivity contribution >= 4 is 23.0 Å². The first-order valence-corrected chi connectivity index (χ1v) is 6.80. The van der Waals surface area contributed by atoms with Crippen LogP contribution in [0, 0.1) is 10.1 Å². The van der Waals surface area contributed by atoms with Crippen LogP contribution in [0.3, 0.4) is 0 Å². The molecule has 4 nitrogen and oxygen atoms in total. The van der Waals surface area contributed by atoms with Gasteiger partial charge in [-0.2, -0.15) is 0 Å². The fourth-order valence-electron chi connectivity index (χ4n) is 2.65. The Bertz CT molecular complexity index is 673. The molecule has 20 heavy (non-hydrogen) atoms. The number of anilines is 1. The molecule has 102 valence electrons. The number of hydrogen-bond donors (Lipinski definition) is 1. The maximum absolute atomic E-state index is 10.8. The largest absolute Gasteiger partial charge is 0.378 e. The number of aryl methyl sites for hydroxylation is 1. The zero-order valence-electron chi connectivity index (χ0n) is 10.7. The van der Waals surface area contributed by atoms with Crippen LogP contribution in [-0.2, 0) is 6.42 Å². The van der Waals surface area contributed by atoms with Gasteiger partial charge in [0.25, 0.3) is 5.69 Å². The topological polar surface area (TPSA) is 55.2 Å². The van der Waals surface area contributed by atoms with E-state index in [9.17, 15) is 10.1 Å². The Hall–Kier alpha value is -2.07. The van der Waals surface area contributed by atoms with E-state index < -0.39 is 0 Å². The maximum atomic E-state index is 10.8. The predicted molar refractivity (Wildman–Crippen MR) is 79.2 cm³/mol. The van der Waals surface area contributed by atoms with Gasteiger partial charge in [-0.15, -0.1) is 0 Å². The number of nitro benzene ring substituents is 1. The molecule has 0 bridgehead atoms. The summed E-state index contributed by atoms with van der Waals surface area (Å²) in [6.45, 7) is 0. The average molecular weight is 289 g/mol. The number of hydrogen-bond acceptors (Lipinski definition) is 3. The van der Waals surface area contributed by atoms with E-state index in [0.29, 0.717) is 0 Å². The van der Waals surface area contributed by atoms with Gasteiger partial charge in [-0.25, -0.2) is 0 Å². The number of rotatable bonds is 3. The molecular weight excluding hydrogens is 276 g/mol. The molecule has 2 aromatic rings. The van der Waals surface area contributed by atoms with Crippen LogP contribution < -0.4 is 5.32 Å². The van der Waals surface area contributed by atoms with E-state index in [1.54, 1.807) is 12.1 Å². The number of nitrogens with zero attached hydrogens (tertiary/aromatic N) is 1.